The Morgan fingerprint density at radius 1 is 1.00 bits per heavy atom. The van der Waals surface area contributed by atoms with Crippen molar-refractivity contribution < 1.29 is 19.1 Å². The third-order valence-corrected chi connectivity index (χ3v) is 6.49. The summed E-state index contributed by atoms with van der Waals surface area (Å²) in [5.74, 6) is 1.51. The molecule has 1 spiro atoms. The van der Waals surface area contributed by atoms with Gasteiger partial charge in [0.05, 0.1) is 0 Å². The highest BCUT2D eigenvalue weighted by molar-refractivity contribution is 5.95. The SMILES string of the molecule is CC(=O)Nc1ccc(C(=O)N2Cc3cc4c(cc3C3(CCCC3)C2)OCCO4)cc1. The predicted octanol–water partition coefficient (Wildman–Crippen LogP) is 3.88. The first-order chi connectivity index (χ1) is 14.5. The molecule has 0 bridgehead atoms. The Kier molecular flexibility index (Phi) is 4.65. The summed E-state index contributed by atoms with van der Waals surface area (Å²) in [5, 5.41) is 2.74. The van der Waals surface area contributed by atoms with Crippen molar-refractivity contribution in [3.63, 3.8) is 0 Å². The molecule has 6 heteroatoms. The Morgan fingerprint density at radius 2 is 1.67 bits per heavy atom. The van der Waals surface area contributed by atoms with Gasteiger partial charge in [-0.3, -0.25) is 9.59 Å². The summed E-state index contributed by atoms with van der Waals surface area (Å²) >= 11 is 0. The minimum absolute atomic E-state index is 0.00476. The highest BCUT2D eigenvalue weighted by Gasteiger charge is 2.44. The van der Waals surface area contributed by atoms with E-state index >= 15 is 0 Å². The van der Waals surface area contributed by atoms with Crippen LogP contribution in [0.2, 0.25) is 0 Å². The summed E-state index contributed by atoms with van der Waals surface area (Å²) in [4.78, 5) is 26.6. The average Bonchev–Trinajstić information content (AvgIpc) is 3.21. The molecule has 2 aromatic carbocycles. The third kappa shape index (κ3) is 3.30. The molecule has 1 N–H and O–H groups in total. The molecule has 0 atom stereocenters. The van der Waals surface area contributed by atoms with Gasteiger partial charge < -0.3 is 19.7 Å². The Hall–Kier alpha value is -3.02. The zero-order chi connectivity index (χ0) is 20.7. The van der Waals surface area contributed by atoms with Crippen LogP contribution in [0.15, 0.2) is 36.4 Å². The number of ether oxygens (including phenoxy) is 2. The van der Waals surface area contributed by atoms with Crippen LogP contribution in [0.5, 0.6) is 11.5 Å². The maximum Gasteiger partial charge on any atom is 0.254 e. The minimum atomic E-state index is -0.126. The van der Waals surface area contributed by atoms with Crippen molar-refractivity contribution in [3.05, 3.63) is 53.1 Å². The molecule has 1 fully saturated rings. The molecule has 0 unspecified atom stereocenters. The van der Waals surface area contributed by atoms with E-state index in [0.717, 1.165) is 36.4 Å². The van der Waals surface area contributed by atoms with Gasteiger partial charge in [-0.05, 0) is 60.4 Å². The summed E-state index contributed by atoms with van der Waals surface area (Å²) in [6, 6.07) is 11.4. The number of carbonyl (C=O) groups is 2. The van der Waals surface area contributed by atoms with Crippen molar-refractivity contribution in [2.24, 2.45) is 0 Å². The first-order valence-electron chi connectivity index (χ1n) is 10.6. The second kappa shape index (κ2) is 7.35. The largest absolute Gasteiger partial charge is 0.486 e. The van der Waals surface area contributed by atoms with Gasteiger partial charge in [-0.25, -0.2) is 0 Å². The van der Waals surface area contributed by atoms with Crippen LogP contribution in [-0.4, -0.2) is 36.5 Å². The number of hydrogen-bond acceptors (Lipinski definition) is 4. The monoisotopic (exact) mass is 406 g/mol. The Bertz CT molecular complexity index is 993. The van der Waals surface area contributed by atoms with Crippen molar-refractivity contribution in [1.29, 1.82) is 0 Å². The summed E-state index contributed by atoms with van der Waals surface area (Å²) in [5.41, 5.74) is 3.82. The van der Waals surface area contributed by atoms with E-state index in [1.807, 2.05) is 4.90 Å². The van der Waals surface area contributed by atoms with Crippen molar-refractivity contribution in [3.8, 4) is 11.5 Å². The topological polar surface area (TPSA) is 67.9 Å². The molecule has 2 amide bonds. The lowest BCUT2D eigenvalue weighted by Gasteiger charge is -2.43. The van der Waals surface area contributed by atoms with Crippen LogP contribution in [-0.2, 0) is 16.8 Å². The van der Waals surface area contributed by atoms with E-state index in [1.165, 1.54) is 25.3 Å². The average molecular weight is 406 g/mol. The van der Waals surface area contributed by atoms with Gasteiger partial charge in [0, 0.05) is 36.7 Å². The Morgan fingerprint density at radius 3 is 2.33 bits per heavy atom. The van der Waals surface area contributed by atoms with E-state index in [1.54, 1.807) is 24.3 Å². The van der Waals surface area contributed by atoms with Crippen LogP contribution >= 0.6 is 0 Å². The molecule has 1 saturated carbocycles. The van der Waals surface area contributed by atoms with Gasteiger partial charge in [-0.15, -0.1) is 0 Å². The van der Waals surface area contributed by atoms with E-state index in [0.29, 0.717) is 31.0 Å². The number of rotatable bonds is 2. The maximum absolute atomic E-state index is 13.4. The third-order valence-electron chi connectivity index (χ3n) is 6.49. The molecule has 30 heavy (non-hydrogen) atoms. The fraction of sp³-hybridized carbons (Fsp3) is 0.417. The van der Waals surface area contributed by atoms with Crippen molar-refractivity contribution >= 4 is 17.5 Å². The van der Waals surface area contributed by atoms with Crippen LogP contribution in [0.3, 0.4) is 0 Å². The standard InChI is InChI=1S/C24H26N2O4/c1-16(27)25-19-6-4-17(5-7-19)23(28)26-14-18-12-21-22(30-11-10-29-21)13-20(18)24(15-26)8-2-3-9-24/h4-7,12-13H,2-3,8-11,14-15H2,1H3,(H,25,27). The molecule has 1 aliphatic carbocycles. The van der Waals surface area contributed by atoms with Crippen molar-refractivity contribution in [2.75, 3.05) is 25.1 Å². The van der Waals surface area contributed by atoms with Crippen molar-refractivity contribution in [1.82, 2.24) is 4.90 Å². The van der Waals surface area contributed by atoms with Gasteiger partial charge in [0.25, 0.3) is 5.91 Å². The molecule has 6 nitrogen and oxygen atoms in total. The second-order valence-corrected chi connectivity index (χ2v) is 8.56. The number of amides is 2. The lowest BCUT2D eigenvalue weighted by Crippen LogP contribution is -2.46. The summed E-state index contributed by atoms with van der Waals surface area (Å²) < 4.78 is 11.6. The number of fused-ring (bicyclic) bond motifs is 3. The molecule has 0 radical (unpaired) electrons. The highest BCUT2D eigenvalue weighted by atomic mass is 16.6. The van der Waals surface area contributed by atoms with Gasteiger partial charge in [-0.2, -0.15) is 0 Å². The molecule has 0 aromatic heterocycles. The molecule has 2 aliphatic heterocycles. The fourth-order valence-electron chi connectivity index (χ4n) is 5.17. The number of anilines is 1. The molecular weight excluding hydrogens is 380 g/mol. The number of hydrogen-bond donors (Lipinski definition) is 1. The minimum Gasteiger partial charge on any atom is -0.486 e. The van der Waals surface area contributed by atoms with Crippen molar-refractivity contribution in [2.45, 2.75) is 44.6 Å². The highest BCUT2D eigenvalue weighted by Crippen LogP contribution is 2.49. The van der Waals surface area contributed by atoms with Gasteiger partial charge in [0.2, 0.25) is 5.91 Å². The quantitative estimate of drug-likeness (QED) is 0.822. The van der Waals surface area contributed by atoms with E-state index in [4.69, 9.17) is 9.47 Å². The number of nitrogens with one attached hydrogen (secondary N) is 1. The lowest BCUT2D eigenvalue weighted by atomic mass is 9.73. The molecule has 5 rings (SSSR count). The molecule has 156 valence electrons. The fourth-order valence-corrected chi connectivity index (χ4v) is 5.17. The zero-order valence-corrected chi connectivity index (χ0v) is 17.2. The van der Waals surface area contributed by atoms with Crippen LogP contribution in [0, 0.1) is 0 Å². The van der Waals surface area contributed by atoms with E-state index < -0.39 is 0 Å². The van der Waals surface area contributed by atoms with E-state index in [-0.39, 0.29) is 17.2 Å². The Labute approximate surface area is 176 Å². The summed E-state index contributed by atoms with van der Waals surface area (Å²) in [6.07, 6.45) is 4.54. The van der Waals surface area contributed by atoms with Gasteiger partial charge in [0.15, 0.2) is 11.5 Å². The van der Waals surface area contributed by atoms with E-state index in [9.17, 15) is 9.59 Å². The molecular formula is C24H26N2O4. The van der Waals surface area contributed by atoms with E-state index in [2.05, 4.69) is 17.4 Å². The maximum atomic E-state index is 13.4. The first kappa shape index (κ1) is 19.0. The smallest absolute Gasteiger partial charge is 0.254 e. The molecule has 3 aliphatic rings. The van der Waals surface area contributed by atoms with Crippen LogP contribution < -0.4 is 14.8 Å². The van der Waals surface area contributed by atoms with Crippen LogP contribution in [0.25, 0.3) is 0 Å². The number of benzene rings is 2. The summed E-state index contributed by atoms with van der Waals surface area (Å²) in [7, 11) is 0. The summed E-state index contributed by atoms with van der Waals surface area (Å²) in [6.45, 7) is 3.91. The molecule has 2 aromatic rings. The lowest BCUT2D eigenvalue weighted by molar-refractivity contribution is -0.114. The van der Waals surface area contributed by atoms with Gasteiger partial charge in [-0.1, -0.05) is 12.8 Å². The van der Waals surface area contributed by atoms with Crippen LogP contribution in [0.1, 0.15) is 54.1 Å². The second-order valence-electron chi connectivity index (χ2n) is 8.56. The van der Waals surface area contributed by atoms with Crippen LogP contribution in [0.4, 0.5) is 5.69 Å². The predicted molar refractivity (Wildman–Crippen MR) is 113 cm³/mol. The molecule has 0 saturated heterocycles. The first-order valence-corrected chi connectivity index (χ1v) is 10.6. The normalized spacial score (nSPS) is 18.8. The zero-order valence-electron chi connectivity index (χ0n) is 17.2. The number of nitrogens with zero attached hydrogens (tertiary/aromatic N) is 1. The Balaban J connectivity index is 1.46. The number of carbonyl (C=O) groups excluding carboxylic acids is 2. The molecule has 2 heterocycles. The van der Waals surface area contributed by atoms with Gasteiger partial charge >= 0.3 is 0 Å². The van der Waals surface area contributed by atoms with Gasteiger partial charge in [0.1, 0.15) is 13.2 Å².